The van der Waals surface area contributed by atoms with Gasteiger partial charge in [-0.1, -0.05) is 13.8 Å². The van der Waals surface area contributed by atoms with Gasteiger partial charge in [-0.3, -0.25) is 4.79 Å². The van der Waals surface area contributed by atoms with Crippen LogP contribution in [0.3, 0.4) is 0 Å². The molecule has 15 heavy (non-hydrogen) atoms. The predicted molar refractivity (Wildman–Crippen MR) is 50.2 cm³/mol. The normalized spacial score (nSPS) is 16.9. The number of rotatable bonds is 4. The van der Waals surface area contributed by atoms with Crippen LogP contribution >= 0.6 is 0 Å². The SMILES string of the molecule is CC(C)CCN(C(=O)C(F)(F)F)C1CC1. The van der Waals surface area contributed by atoms with Gasteiger partial charge in [0.05, 0.1) is 0 Å². The van der Waals surface area contributed by atoms with Gasteiger partial charge in [0.1, 0.15) is 0 Å². The molecule has 1 fully saturated rings. The summed E-state index contributed by atoms with van der Waals surface area (Å²) in [5.41, 5.74) is 0. The molecule has 0 N–H and O–H groups in total. The molecular weight excluding hydrogens is 207 g/mol. The van der Waals surface area contributed by atoms with E-state index in [0.717, 1.165) is 4.90 Å². The highest BCUT2D eigenvalue weighted by atomic mass is 19.4. The zero-order valence-electron chi connectivity index (χ0n) is 8.97. The average molecular weight is 223 g/mol. The highest BCUT2D eigenvalue weighted by molar-refractivity contribution is 5.82. The first-order valence-electron chi connectivity index (χ1n) is 5.20. The Morgan fingerprint density at radius 2 is 1.93 bits per heavy atom. The minimum absolute atomic E-state index is 0.169. The van der Waals surface area contributed by atoms with Gasteiger partial charge < -0.3 is 4.90 Å². The third-order valence-corrected chi connectivity index (χ3v) is 2.44. The Kier molecular flexibility index (Phi) is 3.62. The van der Waals surface area contributed by atoms with Crippen molar-refractivity contribution in [1.82, 2.24) is 4.90 Å². The Balaban J connectivity index is 2.54. The van der Waals surface area contributed by atoms with E-state index in [2.05, 4.69) is 0 Å². The molecule has 1 aliphatic rings. The first-order valence-corrected chi connectivity index (χ1v) is 5.20. The second-order valence-electron chi connectivity index (χ2n) is 4.41. The Labute approximate surface area is 87.4 Å². The molecule has 0 bridgehead atoms. The van der Waals surface area contributed by atoms with Crippen molar-refractivity contribution in [3.05, 3.63) is 0 Å². The summed E-state index contributed by atoms with van der Waals surface area (Å²) in [5.74, 6) is -1.36. The standard InChI is InChI=1S/C10H16F3NO/c1-7(2)5-6-14(8-3-4-8)9(15)10(11,12)13/h7-8H,3-6H2,1-2H3. The third-order valence-electron chi connectivity index (χ3n) is 2.44. The van der Waals surface area contributed by atoms with Gasteiger partial charge >= 0.3 is 12.1 Å². The minimum atomic E-state index is -4.72. The van der Waals surface area contributed by atoms with E-state index in [1.165, 1.54) is 0 Å². The molecule has 0 atom stereocenters. The number of amides is 1. The Morgan fingerprint density at radius 3 is 2.27 bits per heavy atom. The van der Waals surface area contributed by atoms with Crippen LogP contribution in [0.4, 0.5) is 13.2 Å². The van der Waals surface area contributed by atoms with Crippen LogP contribution in [0.2, 0.25) is 0 Å². The molecule has 0 aromatic heterocycles. The number of alkyl halides is 3. The summed E-state index contributed by atoms with van der Waals surface area (Å²) in [6.07, 6.45) is -2.68. The Hall–Kier alpha value is -0.740. The van der Waals surface area contributed by atoms with Crippen LogP contribution in [0.25, 0.3) is 0 Å². The van der Waals surface area contributed by atoms with Crippen LogP contribution in [0.1, 0.15) is 33.1 Å². The fourth-order valence-electron chi connectivity index (χ4n) is 1.40. The molecular formula is C10H16F3NO. The lowest BCUT2D eigenvalue weighted by molar-refractivity contribution is -0.186. The summed E-state index contributed by atoms with van der Waals surface area (Å²) in [5, 5.41) is 0. The maximum atomic E-state index is 12.2. The quantitative estimate of drug-likeness (QED) is 0.717. The van der Waals surface area contributed by atoms with Crippen molar-refractivity contribution in [3.8, 4) is 0 Å². The van der Waals surface area contributed by atoms with E-state index < -0.39 is 12.1 Å². The van der Waals surface area contributed by atoms with Crippen LogP contribution in [0.15, 0.2) is 0 Å². The zero-order chi connectivity index (χ0) is 11.6. The van der Waals surface area contributed by atoms with Crippen molar-refractivity contribution >= 4 is 5.91 Å². The Bertz CT molecular complexity index is 233. The van der Waals surface area contributed by atoms with E-state index in [1.54, 1.807) is 0 Å². The van der Waals surface area contributed by atoms with Crippen molar-refractivity contribution in [1.29, 1.82) is 0 Å². The number of carbonyl (C=O) groups is 1. The first-order chi connectivity index (χ1) is 6.82. The summed E-state index contributed by atoms with van der Waals surface area (Å²) < 4.78 is 36.7. The molecule has 0 unspecified atom stereocenters. The summed E-state index contributed by atoms with van der Waals surface area (Å²) >= 11 is 0. The minimum Gasteiger partial charge on any atom is -0.332 e. The monoisotopic (exact) mass is 223 g/mol. The second kappa shape index (κ2) is 4.41. The van der Waals surface area contributed by atoms with Gasteiger partial charge in [-0.2, -0.15) is 13.2 Å². The molecule has 1 saturated carbocycles. The Morgan fingerprint density at radius 1 is 1.40 bits per heavy atom. The van der Waals surface area contributed by atoms with E-state index in [-0.39, 0.29) is 12.6 Å². The number of halogens is 3. The van der Waals surface area contributed by atoms with E-state index >= 15 is 0 Å². The predicted octanol–water partition coefficient (Wildman–Crippen LogP) is 2.59. The lowest BCUT2D eigenvalue weighted by Crippen LogP contribution is -2.43. The molecule has 0 radical (unpaired) electrons. The summed E-state index contributed by atoms with van der Waals surface area (Å²) in [6, 6.07) is -0.169. The van der Waals surface area contributed by atoms with Crippen LogP contribution in [0.5, 0.6) is 0 Å². The average Bonchev–Trinajstić information content (AvgIpc) is 2.85. The lowest BCUT2D eigenvalue weighted by Gasteiger charge is -2.24. The first kappa shape index (κ1) is 12.3. The molecule has 0 heterocycles. The molecule has 2 nitrogen and oxygen atoms in total. The van der Waals surface area contributed by atoms with E-state index in [0.29, 0.717) is 25.2 Å². The van der Waals surface area contributed by atoms with Crippen LogP contribution in [-0.4, -0.2) is 29.6 Å². The van der Waals surface area contributed by atoms with E-state index in [1.807, 2.05) is 13.8 Å². The summed E-state index contributed by atoms with van der Waals surface area (Å²) in [4.78, 5) is 12.0. The van der Waals surface area contributed by atoms with Crippen molar-refractivity contribution in [2.45, 2.75) is 45.3 Å². The third kappa shape index (κ3) is 3.72. The van der Waals surface area contributed by atoms with Crippen LogP contribution in [0, 0.1) is 5.92 Å². The zero-order valence-corrected chi connectivity index (χ0v) is 8.97. The second-order valence-corrected chi connectivity index (χ2v) is 4.41. The molecule has 0 spiro atoms. The summed E-state index contributed by atoms with van der Waals surface area (Å²) in [7, 11) is 0. The highest BCUT2D eigenvalue weighted by Crippen LogP contribution is 2.31. The van der Waals surface area contributed by atoms with Gasteiger partial charge in [-0.25, -0.2) is 0 Å². The van der Waals surface area contributed by atoms with E-state index in [4.69, 9.17) is 0 Å². The fraction of sp³-hybridized carbons (Fsp3) is 0.900. The fourth-order valence-corrected chi connectivity index (χ4v) is 1.40. The lowest BCUT2D eigenvalue weighted by atomic mass is 10.1. The van der Waals surface area contributed by atoms with Crippen molar-refractivity contribution in [2.75, 3.05) is 6.54 Å². The molecule has 88 valence electrons. The van der Waals surface area contributed by atoms with Crippen molar-refractivity contribution in [2.24, 2.45) is 5.92 Å². The smallest absolute Gasteiger partial charge is 0.332 e. The maximum Gasteiger partial charge on any atom is 0.471 e. The van der Waals surface area contributed by atoms with Crippen LogP contribution < -0.4 is 0 Å². The maximum absolute atomic E-state index is 12.2. The largest absolute Gasteiger partial charge is 0.471 e. The topological polar surface area (TPSA) is 20.3 Å². The van der Waals surface area contributed by atoms with E-state index in [9.17, 15) is 18.0 Å². The number of hydrogen-bond acceptors (Lipinski definition) is 1. The molecule has 0 saturated heterocycles. The number of carbonyl (C=O) groups excluding carboxylic acids is 1. The molecule has 0 aromatic carbocycles. The van der Waals surface area contributed by atoms with Gasteiger partial charge in [-0.05, 0) is 25.2 Å². The molecule has 5 heteroatoms. The number of hydrogen-bond donors (Lipinski definition) is 0. The van der Waals surface area contributed by atoms with Crippen molar-refractivity contribution < 1.29 is 18.0 Å². The van der Waals surface area contributed by atoms with Gasteiger partial charge in [0, 0.05) is 12.6 Å². The van der Waals surface area contributed by atoms with Gasteiger partial charge in [0.2, 0.25) is 0 Å². The number of nitrogens with zero attached hydrogens (tertiary/aromatic N) is 1. The molecule has 0 aliphatic heterocycles. The van der Waals surface area contributed by atoms with Gasteiger partial charge in [0.25, 0.3) is 0 Å². The van der Waals surface area contributed by atoms with Crippen LogP contribution in [-0.2, 0) is 4.79 Å². The molecule has 1 aliphatic carbocycles. The van der Waals surface area contributed by atoms with Crippen molar-refractivity contribution in [3.63, 3.8) is 0 Å². The molecule has 1 rings (SSSR count). The summed E-state index contributed by atoms with van der Waals surface area (Å²) in [6.45, 7) is 4.09. The highest BCUT2D eigenvalue weighted by Gasteiger charge is 2.46. The van der Waals surface area contributed by atoms with Gasteiger partial charge in [-0.15, -0.1) is 0 Å². The molecule has 1 amide bonds. The van der Waals surface area contributed by atoms with Gasteiger partial charge in [0.15, 0.2) is 0 Å². The molecule has 0 aromatic rings.